The van der Waals surface area contributed by atoms with E-state index in [4.69, 9.17) is 0 Å². The number of thiazole rings is 2. The predicted octanol–water partition coefficient (Wildman–Crippen LogP) is 0.791. The SMILES string of the molecule is CNC(=O)Cc1csc(NC(=O)Cc2csc(NC(=O)C3C=CC(=O)N=C3)n2)n1. The van der Waals surface area contributed by atoms with Gasteiger partial charge < -0.3 is 16.0 Å². The zero-order valence-corrected chi connectivity index (χ0v) is 16.8. The standard InChI is InChI=1S/C17H16N6O4S2/c1-18-13(25)4-10-7-28-16(20-10)22-14(26)5-11-8-29-17(21-11)23-15(27)9-2-3-12(24)19-6-9/h2-3,6-9H,4-5H2,1H3,(H,18,25)(H,20,22,26)(H,21,23,27). The maximum absolute atomic E-state index is 12.2. The van der Waals surface area contributed by atoms with Gasteiger partial charge in [-0.15, -0.1) is 22.7 Å². The molecule has 0 aromatic carbocycles. The van der Waals surface area contributed by atoms with E-state index in [1.165, 1.54) is 41.0 Å². The number of dihydropyridines is 1. The fourth-order valence-electron chi connectivity index (χ4n) is 2.25. The van der Waals surface area contributed by atoms with Crippen LogP contribution in [0.4, 0.5) is 10.3 Å². The van der Waals surface area contributed by atoms with Crippen LogP contribution in [0.5, 0.6) is 0 Å². The van der Waals surface area contributed by atoms with E-state index in [9.17, 15) is 19.2 Å². The second-order valence-electron chi connectivity index (χ2n) is 5.85. The van der Waals surface area contributed by atoms with Crippen LogP contribution in [-0.2, 0) is 32.0 Å². The van der Waals surface area contributed by atoms with E-state index >= 15 is 0 Å². The molecule has 2 aromatic rings. The topological polar surface area (TPSA) is 143 Å². The van der Waals surface area contributed by atoms with Crippen molar-refractivity contribution < 1.29 is 19.2 Å². The number of aliphatic imine (C=N–C) groups is 1. The molecule has 2 aromatic heterocycles. The fraction of sp³-hybridized carbons (Fsp3) is 0.235. The smallest absolute Gasteiger partial charge is 0.269 e. The molecule has 1 aliphatic rings. The van der Waals surface area contributed by atoms with E-state index in [0.717, 1.165) is 0 Å². The van der Waals surface area contributed by atoms with Crippen LogP contribution in [-0.4, -0.2) is 46.9 Å². The van der Waals surface area contributed by atoms with Crippen LogP contribution in [0.2, 0.25) is 0 Å². The van der Waals surface area contributed by atoms with Crippen molar-refractivity contribution in [2.45, 2.75) is 12.8 Å². The van der Waals surface area contributed by atoms with Crippen LogP contribution >= 0.6 is 22.7 Å². The number of nitrogens with one attached hydrogen (secondary N) is 3. The summed E-state index contributed by atoms with van der Waals surface area (Å²) >= 11 is 2.42. The lowest BCUT2D eigenvalue weighted by Crippen LogP contribution is -2.24. The van der Waals surface area contributed by atoms with Gasteiger partial charge in [-0.25, -0.2) is 15.0 Å². The first-order valence-corrected chi connectivity index (χ1v) is 10.2. The summed E-state index contributed by atoms with van der Waals surface area (Å²) in [6, 6.07) is 0. The molecule has 12 heteroatoms. The normalized spacial score (nSPS) is 15.2. The number of carbonyl (C=O) groups is 4. The van der Waals surface area contributed by atoms with E-state index in [1.807, 2.05) is 0 Å². The van der Waals surface area contributed by atoms with E-state index in [2.05, 4.69) is 30.9 Å². The highest BCUT2D eigenvalue weighted by Gasteiger charge is 2.18. The van der Waals surface area contributed by atoms with E-state index in [0.29, 0.717) is 21.7 Å². The molecule has 0 saturated carbocycles. The van der Waals surface area contributed by atoms with Gasteiger partial charge in [0.25, 0.3) is 5.91 Å². The lowest BCUT2D eigenvalue weighted by Gasteiger charge is -2.08. The summed E-state index contributed by atoms with van der Waals surface area (Å²) in [7, 11) is 1.54. The summed E-state index contributed by atoms with van der Waals surface area (Å²) in [5.41, 5.74) is 1.07. The summed E-state index contributed by atoms with van der Waals surface area (Å²) in [4.78, 5) is 58.6. The molecule has 3 heterocycles. The number of hydrogen-bond donors (Lipinski definition) is 3. The van der Waals surface area contributed by atoms with Crippen molar-refractivity contribution in [2.24, 2.45) is 10.9 Å². The van der Waals surface area contributed by atoms with Gasteiger partial charge in [0.1, 0.15) is 0 Å². The summed E-state index contributed by atoms with van der Waals surface area (Å²) in [5, 5.41) is 11.9. The summed E-state index contributed by atoms with van der Waals surface area (Å²) in [5.74, 6) is -1.88. The Morgan fingerprint density at radius 1 is 1.00 bits per heavy atom. The van der Waals surface area contributed by atoms with Gasteiger partial charge in [0, 0.05) is 30.1 Å². The number of carbonyl (C=O) groups excluding carboxylic acids is 4. The number of amides is 4. The minimum absolute atomic E-state index is 0.00994. The monoisotopic (exact) mass is 432 g/mol. The number of rotatable bonds is 7. The Labute approximate surface area is 173 Å². The zero-order valence-electron chi connectivity index (χ0n) is 15.2. The molecular weight excluding hydrogens is 416 g/mol. The second kappa shape index (κ2) is 9.30. The van der Waals surface area contributed by atoms with Gasteiger partial charge >= 0.3 is 0 Å². The minimum atomic E-state index is -0.641. The van der Waals surface area contributed by atoms with Crippen molar-refractivity contribution in [1.29, 1.82) is 0 Å². The van der Waals surface area contributed by atoms with Crippen LogP contribution in [0.25, 0.3) is 0 Å². The van der Waals surface area contributed by atoms with Crippen LogP contribution in [0.3, 0.4) is 0 Å². The van der Waals surface area contributed by atoms with E-state index in [1.54, 1.807) is 17.8 Å². The quantitative estimate of drug-likeness (QED) is 0.590. The molecule has 29 heavy (non-hydrogen) atoms. The molecule has 0 saturated heterocycles. The largest absolute Gasteiger partial charge is 0.359 e. The zero-order chi connectivity index (χ0) is 20.8. The van der Waals surface area contributed by atoms with Gasteiger partial charge in [-0.3, -0.25) is 19.2 Å². The third kappa shape index (κ3) is 5.86. The molecular formula is C17H16N6O4S2. The van der Waals surface area contributed by atoms with Crippen LogP contribution < -0.4 is 16.0 Å². The maximum atomic E-state index is 12.2. The van der Waals surface area contributed by atoms with Crippen LogP contribution in [0.15, 0.2) is 27.9 Å². The van der Waals surface area contributed by atoms with Crippen molar-refractivity contribution in [3.05, 3.63) is 34.3 Å². The predicted molar refractivity (Wildman–Crippen MR) is 109 cm³/mol. The van der Waals surface area contributed by atoms with Crippen molar-refractivity contribution >= 4 is 62.8 Å². The Kier molecular flexibility index (Phi) is 6.57. The Balaban J connectivity index is 1.50. The lowest BCUT2D eigenvalue weighted by atomic mass is 10.1. The van der Waals surface area contributed by atoms with Gasteiger partial charge in [-0.1, -0.05) is 6.08 Å². The van der Waals surface area contributed by atoms with E-state index < -0.39 is 11.8 Å². The summed E-state index contributed by atoms with van der Waals surface area (Å²) < 4.78 is 0. The molecule has 1 unspecified atom stereocenters. The average molecular weight is 432 g/mol. The van der Waals surface area contributed by atoms with Crippen molar-refractivity contribution in [3.8, 4) is 0 Å². The Morgan fingerprint density at radius 2 is 1.62 bits per heavy atom. The molecule has 3 rings (SSSR count). The number of hydrogen-bond acceptors (Lipinski definition) is 8. The van der Waals surface area contributed by atoms with Gasteiger partial charge in [-0.05, 0) is 0 Å². The van der Waals surface area contributed by atoms with Crippen LogP contribution in [0.1, 0.15) is 11.4 Å². The first-order valence-electron chi connectivity index (χ1n) is 8.39. The molecule has 0 bridgehead atoms. The third-order valence-electron chi connectivity index (χ3n) is 3.65. The average Bonchev–Trinajstić information content (AvgIpc) is 3.31. The summed E-state index contributed by atoms with van der Waals surface area (Å²) in [6.45, 7) is 0. The number of anilines is 2. The second-order valence-corrected chi connectivity index (χ2v) is 7.57. The van der Waals surface area contributed by atoms with Crippen molar-refractivity contribution in [3.63, 3.8) is 0 Å². The Morgan fingerprint density at radius 3 is 2.21 bits per heavy atom. The number of likely N-dealkylation sites (N-methyl/N-ethyl adjacent to an activating group) is 1. The molecule has 0 fully saturated rings. The maximum Gasteiger partial charge on any atom is 0.269 e. The van der Waals surface area contributed by atoms with Crippen molar-refractivity contribution in [1.82, 2.24) is 15.3 Å². The van der Waals surface area contributed by atoms with Gasteiger partial charge in [0.2, 0.25) is 17.7 Å². The third-order valence-corrected chi connectivity index (χ3v) is 5.27. The molecule has 1 aliphatic heterocycles. The minimum Gasteiger partial charge on any atom is -0.359 e. The summed E-state index contributed by atoms with van der Waals surface area (Å²) in [6.07, 6.45) is 4.12. The fourth-order valence-corrected chi connectivity index (χ4v) is 3.69. The highest BCUT2D eigenvalue weighted by Crippen LogP contribution is 2.19. The van der Waals surface area contributed by atoms with Gasteiger partial charge in [0.15, 0.2) is 10.3 Å². The first-order chi connectivity index (χ1) is 13.9. The Bertz CT molecular complexity index is 993. The molecule has 4 amide bonds. The highest BCUT2D eigenvalue weighted by atomic mass is 32.1. The number of aromatic nitrogens is 2. The van der Waals surface area contributed by atoms with Crippen LogP contribution in [0, 0.1) is 5.92 Å². The van der Waals surface area contributed by atoms with Gasteiger partial charge in [0.05, 0.1) is 30.1 Å². The van der Waals surface area contributed by atoms with Gasteiger partial charge in [-0.2, -0.15) is 0 Å². The highest BCUT2D eigenvalue weighted by molar-refractivity contribution is 7.14. The van der Waals surface area contributed by atoms with Crippen molar-refractivity contribution in [2.75, 3.05) is 17.7 Å². The molecule has 3 N–H and O–H groups in total. The molecule has 0 spiro atoms. The molecule has 1 atom stereocenters. The lowest BCUT2D eigenvalue weighted by molar-refractivity contribution is -0.120. The number of nitrogens with zero attached hydrogens (tertiary/aromatic N) is 3. The molecule has 0 radical (unpaired) electrons. The Hall–Kier alpha value is -3.25. The molecule has 150 valence electrons. The first kappa shape index (κ1) is 20.5. The molecule has 10 nitrogen and oxygen atoms in total. The molecule has 0 aliphatic carbocycles. The van der Waals surface area contributed by atoms with E-state index in [-0.39, 0.29) is 30.6 Å².